The lowest BCUT2D eigenvalue weighted by molar-refractivity contribution is 0.669. The second-order valence-electron chi connectivity index (χ2n) is 10.4. The molecule has 0 heterocycles. The molecule has 0 atom stereocenters. The maximum Gasteiger partial charge on any atom is 0.0367 e. The zero-order valence-electron chi connectivity index (χ0n) is 24.3. The van der Waals surface area contributed by atoms with Gasteiger partial charge in [-0.2, -0.15) is 0 Å². The number of rotatable bonds is 15. The first kappa shape index (κ1) is 29.0. The number of anilines is 2. The molecule has 4 aromatic carbocycles. The van der Waals surface area contributed by atoms with Gasteiger partial charge in [-0.1, -0.05) is 136 Å². The van der Waals surface area contributed by atoms with Crippen LogP contribution in [0.3, 0.4) is 0 Å². The maximum absolute atomic E-state index is 2.56. The summed E-state index contributed by atoms with van der Waals surface area (Å²) in [6, 6.07) is 39.1. The van der Waals surface area contributed by atoms with Crippen LogP contribution in [0.2, 0.25) is 0 Å². The molecule has 0 saturated carbocycles. The lowest BCUT2D eigenvalue weighted by Crippen LogP contribution is -2.36. The number of unbranched alkanes of at least 4 members (excludes halogenated alkanes) is 2. The smallest absolute Gasteiger partial charge is 0.0367 e. The van der Waals surface area contributed by atoms with Gasteiger partial charge in [0.2, 0.25) is 0 Å². The van der Waals surface area contributed by atoms with E-state index in [0.29, 0.717) is 0 Å². The van der Waals surface area contributed by atoms with Crippen LogP contribution in [0.1, 0.15) is 61.8 Å². The molecule has 0 saturated heterocycles. The van der Waals surface area contributed by atoms with Gasteiger partial charge in [-0.25, -0.2) is 0 Å². The molecule has 0 spiro atoms. The summed E-state index contributed by atoms with van der Waals surface area (Å²) in [6.07, 6.45) is 13.6. The Morgan fingerprint density at radius 3 is 1.05 bits per heavy atom. The number of hydrogen-bond acceptors (Lipinski definition) is 2. The monoisotopic (exact) mass is 528 g/mol. The third-order valence-electron chi connectivity index (χ3n) is 7.26. The minimum atomic E-state index is 1.01. The molecule has 0 aliphatic heterocycles. The molecule has 2 nitrogen and oxygen atoms in total. The minimum absolute atomic E-state index is 1.01. The van der Waals surface area contributed by atoms with Crippen molar-refractivity contribution in [2.75, 3.05) is 36.0 Å². The lowest BCUT2D eigenvalue weighted by atomic mass is 10.1. The Morgan fingerprint density at radius 2 is 0.725 bits per heavy atom. The molecule has 0 amide bonds. The summed E-state index contributed by atoms with van der Waals surface area (Å²) in [5.41, 5.74) is 7.53. The summed E-state index contributed by atoms with van der Waals surface area (Å²) >= 11 is 0. The van der Waals surface area contributed by atoms with Crippen LogP contribution in [0.15, 0.2) is 109 Å². The first-order valence-electron chi connectivity index (χ1n) is 14.9. The van der Waals surface area contributed by atoms with Gasteiger partial charge in [-0.05, 0) is 59.4 Å². The molecule has 0 unspecified atom stereocenters. The highest BCUT2D eigenvalue weighted by molar-refractivity contribution is 5.71. The van der Waals surface area contributed by atoms with Crippen molar-refractivity contribution in [3.8, 4) is 0 Å². The summed E-state index contributed by atoms with van der Waals surface area (Å²) in [5, 5.41) is 0. The normalized spacial score (nSPS) is 11.3. The number of benzene rings is 4. The fourth-order valence-electron chi connectivity index (χ4n) is 4.79. The van der Waals surface area contributed by atoms with E-state index < -0.39 is 0 Å². The van der Waals surface area contributed by atoms with Crippen molar-refractivity contribution in [1.29, 1.82) is 0 Å². The zero-order valence-corrected chi connectivity index (χ0v) is 24.3. The summed E-state index contributed by atoms with van der Waals surface area (Å²) in [6.45, 7) is 8.74. The molecular weight excluding hydrogens is 484 g/mol. The first-order valence-corrected chi connectivity index (χ1v) is 14.9. The molecule has 0 aliphatic carbocycles. The molecule has 40 heavy (non-hydrogen) atoms. The summed E-state index contributed by atoms with van der Waals surface area (Å²) in [5.74, 6) is 0. The van der Waals surface area contributed by atoms with Gasteiger partial charge in [0.25, 0.3) is 0 Å². The van der Waals surface area contributed by atoms with E-state index in [-0.39, 0.29) is 0 Å². The highest BCUT2D eigenvalue weighted by Gasteiger charge is 2.11. The minimum Gasteiger partial charge on any atom is -0.370 e. The highest BCUT2D eigenvalue weighted by Crippen LogP contribution is 2.21. The Hall–Kier alpha value is -4.04. The molecular formula is C38H44N2. The SMILES string of the molecule is CCCCN(CCN(CCCC)c1ccc(C=Cc2ccccc2)cc1)c1ccc(C=Cc2ccccc2)cc1. The van der Waals surface area contributed by atoms with Crippen molar-refractivity contribution >= 4 is 35.7 Å². The van der Waals surface area contributed by atoms with Crippen molar-refractivity contribution in [2.45, 2.75) is 39.5 Å². The molecule has 0 aromatic heterocycles. The topological polar surface area (TPSA) is 6.48 Å². The van der Waals surface area contributed by atoms with Gasteiger partial charge in [0.1, 0.15) is 0 Å². The van der Waals surface area contributed by atoms with Crippen LogP contribution in [0.5, 0.6) is 0 Å². The third kappa shape index (κ3) is 9.31. The van der Waals surface area contributed by atoms with Gasteiger partial charge in [0.15, 0.2) is 0 Å². The van der Waals surface area contributed by atoms with Gasteiger partial charge in [-0.15, -0.1) is 0 Å². The standard InChI is InChI=1S/C38H44N2/c1-3-5-29-39(37-25-21-35(22-26-37)19-17-33-13-9-7-10-14-33)31-32-40(30-6-4-2)38-27-23-36(24-28-38)20-18-34-15-11-8-12-16-34/h7-28H,3-6,29-32H2,1-2H3. The highest BCUT2D eigenvalue weighted by atomic mass is 15.2. The predicted octanol–water partition coefficient (Wildman–Crippen LogP) is 9.94. The Bertz CT molecular complexity index is 1180. The average Bonchev–Trinajstić information content (AvgIpc) is 3.02. The Morgan fingerprint density at radius 1 is 0.400 bits per heavy atom. The van der Waals surface area contributed by atoms with E-state index >= 15 is 0 Å². The molecule has 0 radical (unpaired) electrons. The molecule has 0 aliphatic rings. The molecule has 206 valence electrons. The van der Waals surface area contributed by atoms with Gasteiger partial charge in [0.05, 0.1) is 0 Å². The lowest BCUT2D eigenvalue weighted by Gasteiger charge is -2.31. The van der Waals surface area contributed by atoms with Crippen molar-refractivity contribution in [2.24, 2.45) is 0 Å². The second kappa shape index (κ2) is 16.2. The first-order chi connectivity index (χ1) is 19.7. The Balaban J connectivity index is 1.42. The van der Waals surface area contributed by atoms with E-state index in [0.717, 1.165) is 26.2 Å². The Labute approximate surface area is 242 Å². The molecule has 4 aromatic rings. The molecule has 2 heteroatoms. The van der Waals surface area contributed by atoms with Gasteiger partial charge in [-0.3, -0.25) is 0 Å². The second-order valence-corrected chi connectivity index (χ2v) is 10.4. The molecule has 0 bridgehead atoms. The Kier molecular flexibility index (Phi) is 11.7. The van der Waals surface area contributed by atoms with Crippen LogP contribution in [0.4, 0.5) is 11.4 Å². The summed E-state index contributed by atoms with van der Waals surface area (Å²) in [4.78, 5) is 5.12. The third-order valence-corrected chi connectivity index (χ3v) is 7.26. The number of hydrogen-bond donors (Lipinski definition) is 0. The van der Waals surface area contributed by atoms with Crippen LogP contribution in [0.25, 0.3) is 24.3 Å². The largest absolute Gasteiger partial charge is 0.370 e. The van der Waals surface area contributed by atoms with Gasteiger partial charge >= 0.3 is 0 Å². The molecule has 0 N–H and O–H groups in total. The fraction of sp³-hybridized carbons (Fsp3) is 0.263. The van der Waals surface area contributed by atoms with Crippen LogP contribution in [0, 0.1) is 0 Å². The fourth-order valence-corrected chi connectivity index (χ4v) is 4.79. The van der Waals surface area contributed by atoms with E-state index in [1.807, 2.05) is 0 Å². The van der Waals surface area contributed by atoms with Crippen LogP contribution >= 0.6 is 0 Å². The van der Waals surface area contributed by atoms with Crippen molar-refractivity contribution in [3.63, 3.8) is 0 Å². The van der Waals surface area contributed by atoms with Crippen molar-refractivity contribution < 1.29 is 0 Å². The van der Waals surface area contributed by atoms with E-state index in [4.69, 9.17) is 0 Å². The molecule has 4 rings (SSSR count). The van der Waals surface area contributed by atoms with Crippen molar-refractivity contribution in [1.82, 2.24) is 0 Å². The van der Waals surface area contributed by atoms with Crippen LogP contribution < -0.4 is 9.80 Å². The predicted molar refractivity (Wildman–Crippen MR) is 178 cm³/mol. The summed E-state index contributed by atoms with van der Waals surface area (Å²) in [7, 11) is 0. The molecule has 0 fully saturated rings. The van der Waals surface area contributed by atoms with E-state index in [1.54, 1.807) is 0 Å². The quantitative estimate of drug-likeness (QED) is 0.142. The van der Waals surface area contributed by atoms with E-state index in [1.165, 1.54) is 59.3 Å². The van der Waals surface area contributed by atoms with Gasteiger partial charge < -0.3 is 9.80 Å². The number of nitrogens with zero attached hydrogens (tertiary/aromatic N) is 2. The van der Waals surface area contributed by atoms with Gasteiger partial charge in [0, 0.05) is 37.6 Å². The van der Waals surface area contributed by atoms with Crippen molar-refractivity contribution in [3.05, 3.63) is 131 Å². The average molecular weight is 529 g/mol. The van der Waals surface area contributed by atoms with E-state index in [2.05, 4.69) is 157 Å². The zero-order chi connectivity index (χ0) is 27.8. The van der Waals surface area contributed by atoms with Crippen LogP contribution in [-0.2, 0) is 0 Å². The van der Waals surface area contributed by atoms with E-state index in [9.17, 15) is 0 Å². The van der Waals surface area contributed by atoms with Crippen LogP contribution in [-0.4, -0.2) is 26.2 Å². The summed E-state index contributed by atoms with van der Waals surface area (Å²) < 4.78 is 0. The maximum atomic E-state index is 2.56.